The number of methoxy groups -OCH3 is 1. The molecule has 0 aliphatic heterocycles. The molecule has 1 aromatic carbocycles. The second kappa shape index (κ2) is 6.86. The molecule has 1 N–H and O–H groups in total. The highest BCUT2D eigenvalue weighted by atomic mass is 16.5. The van der Waals surface area contributed by atoms with Gasteiger partial charge in [-0.05, 0) is 19.1 Å². The van der Waals surface area contributed by atoms with E-state index in [9.17, 15) is 0 Å². The molecule has 2 rings (SSSR count). The normalized spacial score (nSPS) is 10.3. The van der Waals surface area contributed by atoms with Crippen LogP contribution in [0.1, 0.15) is 12.7 Å². The molecular weight excluding hydrogens is 252 g/mol. The minimum atomic E-state index is 0.398. The Kier molecular flexibility index (Phi) is 4.90. The van der Waals surface area contributed by atoms with Crippen molar-refractivity contribution in [3.8, 4) is 0 Å². The summed E-state index contributed by atoms with van der Waals surface area (Å²) >= 11 is 0. The van der Waals surface area contributed by atoms with E-state index >= 15 is 0 Å². The van der Waals surface area contributed by atoms with Crippen molar-refractivity contribution in [1.29, 1.82) is 0 Å². The van der Waals surface area contributed by atoms with Gasteiger partial charge in [-0.2, -0.15) is 0 Å². The summed E-state index contributed by atoms with van der Waals surface area (Å²) in [6, 6.07) is 12.1. The first-order chi connectivity index (χ1) is 9.78. The zero-order chi connectivity index (χ0) is 14.4. The Morgan fingerprint density at radius 1 is 1.20 bits per heavy atom. The summed E-state index contributed by atoms with van der Waals surface area (Å²) in [5, 5.41) is 3.06. The van der Waals surface area contributed by atoms with Crippen molar-refractivity contribution in [3.05, 3.63) is 42.2 Å². The molecule has 2 aromatic rings. The highest BCUT2D eigenvalue weighted by molar-refractivity contribution is 5.62. The molecule has 0 aliphatic rings. The van der Waals surface area contributed by atoms with Gasteiger partial charge in [-0.1, -0.05) is 18.2 Å². The summed E-state index contributed by atoms with van der Waals surface area (Å²) in [7, 11) is 3.49. The Labute approximate surface area is 119 Å². The zero-order valence-corrected chi connectivity index (χ0v) is 12.1. The van der Waals surface area contributed by atoms with Crippen LogP contribution in [0.2, 0.25) is 0 Å². The van der Waals surface area contributed by atoms with Crippen molar-refractivity contribution >= 4 is 17.3 Å². The predicted octanol–water partition coefficient (Wildman–Crippen LogP) is 2.82. The number of nitrogens with zero attached hydrogens (tertiary/aromatic N) is 3. The minimum Gasteiger partial charge on any atom is -0.377 e. The number of ether oxygens (including phenoxy) is 1. The molecule has 106 valence electrons. The summed E-state index contributed by atoms with van der Waals surface area (Å²) in [5.41, 5.74) is 1.11. The SMILES string of the molecule is CCN(c1ccccc1)c1cc(NC)nc(COC)n1. The number of anilines is 3. The number of rotatable bonds is 6. The van der Waals surface area contributed by atoms with Crippen LogP contribution in [0.4, 0.5) is 17.3 Å². The Morgan fingerprint density at radius 3 is 2.55 bits per heavy atom. The molecule has 0 bridgehead atoms. The highest BCUT2D eigenvalue weighted by Crippen LogP contribution is 2.24. The average molecular weight is 272 g/mol. The van der Waals surface area contributed by atoms with E-state index in [1.807, 2.05) is 31.3 Å². The van der Waals surface area contributed by atoms with Gasteiger partial charge in [-0.25, -0.2) is 9.97 Å². The molecule has 1 aromatic heterocycles. The molecule has 0 saturated heterocycles. The van der Waals surface area contributed by atoms with Gasteiger partial charge in [0.25, 0.3) is 0 Å². The minimum absolute atomic E-state index is 0.398. The lowest BCUT2D eigenvalue weighted by Gasteiger charge is -2.23. The molecule has 0 amide bonds. The van der Waals surface area contributed by atoms with Crippen molar-refractivity contribution in [1.82, 2.24) is 9.97 Å². The second-order valence-corrected chi connectivity index (χ2v) is 4.29. The molecule has 5 heteroatoms. The first-order valence-electron chi connectivity index (χ1n) is 6.65. The second-order valence-electron chi connectivity index (χ2n) is 4.29. The van der Waals surface area contributed by atoms with E-state index < -0.39 is 0 Å². The molecule has 5 nitrogen and oxygen atoms in total. The van der Waals surface area contributed by atoms with Crippen LogP contribution in [-0.4, -0.2) is 30.7 Å². The zero-order valence-electron chi connectivity index (χ0n) is 12.1. The third-order valence-corrected chi connectivity index (χ3v) is 2.95. The Morgan fingerprint density at radius 2 is 1.95 bits per heavy atom. The Balaban J connectivity index is 2.40. The summed E-state index contributed by atoms with van der Waals surface area (Å²) in [5.74, 6) is 2.32. The summed E-state index contributed by atoms with van der Waals surface area (Å²) in [6.07, 6.45) is 0. The van der Waals surface area contributed by atoms with Crippen LogP contribution in [0.3, 0.4) is 0 Å². The maximum absolute atomic E-state index is 5.13. The van der Waals surface area contributed by atoms with Gasteiger partial charge in [0.15, 0.2) is 5.82 Å². The van der Waals surface area contributed by atoms with Crippen molar-refractivity contribution in [2.75, 3.05) is 30.9 Å². The van der Waals surface area contributed by atoms with Gasteiger partial charge < -0.3 is 15.0 Å². The maximum atomic E-state index is 5.13. The number of hydrogen-bond donors (Lipinski definition) is 1. The molecule has 0 aliphatic carbocycles. The molecule has 0 spiro atoms. The van der Waals surface area contributed by atoms with E-state index in [1.165, 1.54) is 0 Å². The van der Waals surface area contributed by atoms with Gasteiger partial charge in [0.2, 0.25) is 0 Å². The fourth-order valence-electron chi connectivity index (χ4n) is 2.03. The standard InChI is InChI=1S/C15H20N4O/c1-4-19(12-8-6-5-7-9-12)15-10-13(16-2)17-14(18-15)11-20-3/h5-10H,4,11H2,1-3H3,(H,16,17,18). The lowest BCUT2D eigenvalue weighted by Crippen LogP contribution is -2.19. The van der Waals surface area contributed by atoms with E-state index in [0.717, 1.165) is 23.9 Å². The lowest BCUT2D eigenvalue weighted by atomic mass is 10.3. The van der Waals surface area contributed by atoms with E-state index in [-0.39, 0.29) is 0 Å². The number of nitrogens with one attached hydrogen (secondary N) is 1. The number of hydrogen-bond acceptors (Lipinski definition) is 5. The third-order valence-electron chi connectivity index (χ3n) is 2.95. The third kappa shape index (κ3) is 3.24. The molecule has 0 radical (unpaired) electrons. The first-order valence-corrected chi connectivity index (χ1v) is 6.65. The van der Waals surface area contributed by atoms with Crippen molar-refractivity contribution in [2.24, 2.45) is 0 Å². The van der Waals surface area contributed by atoms with E-state index in [4.69, 9.17) is 4.74 Å². The maximum Gasteiger partial charge on any atom is 0.158 e. The number of para-hydroxylation sites is 1. The molecule has 20 heavy (non-hydrogen) atoms. The van der Waals surface area contributed by atoms with Gasteiger partial charge in [0.05, 0.1) is 0 Å². The van der Waals surface area contributed by atoms with Crippen molar-refractivity contribution in [3.63, 3.8) is 0 Å². The van der Waals surface area contributed by atoms with Crippen molar-refractivity contribution in [2.45, 2.75) is 13.5 Å². The van der Waals surface area contributed by atoms with Gasteiger partial charge in [-0.15, -0.1) is 0 Å². The molecule has 0 atom stereocenters. The molecule has 0 saturated carbocycles. The molecule has 0 unspecified atom stereocenters. The summed E-state index contributed by atoms with van der Waals surface area (Å²) in [4.78, 5) is 11.1. The van der Waals surface area contributed by atoms with E-state index in [1.54, 1.807) is 7.11 Å². The largest absolute Gasteiger partial charge is 0.377 e. The van der Waals surface area contributed by atoms with Gasteiger partial charge in [0, 0.05) is 32.5 Å². The average Bonchev–Trinajstić information content (AvgIpc) is 2.49. The first kappa shape index (κ1) is 14.3. The molecule has 0 fully saturated rings. The van der Waals surface area contributed by atoms with E-state index in [0.29, 0.717) is 12.4 Å². The van der Waals surface area contributed by atoms with Gasteiger partial charge in [0.1, 0.15) is 18.2 Å². The number of benzene rings is 1. The lowest BCUT2D eigenvalue weighted by molar-refractivity contribution is 0.178. The van der Waals surface area contributed by atoms with Crippen LogP contribution in [0.5, 0.6) is 0 Å². The fourth-order valence-corrected chi connectivity index (χ4v) is 2.03. The smallest absolute Gasteiger partial charge is 0.158 e. The van der Waals surface area contributed by atoms with Crippen LogP contribution >= 0.6 is 0 Å². The fraction of sp³-hybridized carbons (Fsp3) is 0.333. The highest BCUT2D eigenvalue weighted by Gasteiger charge is 2.11. The van der Waals surface area contributed by atoms with Crippen LogP contribution in [0, 0.1) is 0 Å². The summed E-state index contributed by atoms with van der Waals surface area (Å²) < 4.78 is 5.13. The quantitative estimate of drug-likeness (QED) is 0.876. The Bertz CT molecular complexity index is 545. The van der Waals surface area contributed by atoms with Crippen LogP contribution < -0.4 is 10.2 Å². The molecular formula is C15H20N4O. The van der Waals surface area contributed by atoms with E-state index in [2.05, 4.69) is 39.2 Å². The van der Waals surface area contributed by atoms with Crippen LogP contribution in [0.25, 0.3) is 0 Å². The predicted molar refractivity (Wildman–Crippen MR) is 81.4 cm³/mol. The monoisotopic (exact) mass is 272 g/mol. The van der Waals surface area contributed by atoms with Gasteiger partial charge in [-0.3, -0.25) is 0 Å². The van der Waals surface area contributed by atoms with Gasteiger partial charge >= 0.3 is 0 Å². The summed E-state index contributed by atoms with van der Waals surface area (Å²) in [6.45, 7) is 3.33. The molecule has 1 heterocycles. The Hall–Kier alpha value is -2.14. The van der Waals surface area contributed by atoms with Crippen LogP contribution in [-0.2, 0) is 11.3 Å². The van der Waals surface area contributed by atoms with Crippen molar-refractivity contribution < 1.29 is 4.74 Å². The number of aromatic nitrogens is 2. The van der Waals surface area contributed by atoms with Crippen LogP contribution in [0.15, 0.2) is 36.4 Å². The topological polar surface area (TPSA) is 50.3 Å².